The molecule has 0 amide bonds. The van der Waals surface area contributed by atoms with Crippen LogP contribution in [0.1, 0.15) is 20.8 Å². The first kappa shape index (κ1) is 12.9. The highest BCUT2D eigenvalue weighted by Crippen LogP contribution is 2.21. The van der Waals surface area contributed by atoms with Gasteiger partial charge in [-0.1, -0.05) is 17.7 Å². The number of halogens is 1. The summed E-state index contributed by atoms with van der Waals surface area (Å²) >= 11 is 7.45. The Balaban J connectivity index is 2.02. The molecule has 0 aliphatic rings. The molecule has 1 heterocycles. The summed E-state index contributed by atoms with van der Waals surface area (Å²) in [6.45, 7) is 2.54. The summed E-state index contributed by atoms with van der Waals surface area (Å²) in [6, 6.07) is 7.44. The lowest BCUT2D eigenvalue weighted by molar-refractivity contribution is 0.0697. The van der Waals surface area contributed by atoms with Crippen LogP contribution >= 0.6 is 22.9 Å². The second kappa shape index (κ2) is 5.42. The van der Waals surface area contributed by atoms with Crippen molar-refractivity contribution in [2.24, 2.45) is 0 Å². The Morgan fingerprint density at radius 2 is 2.22 bits per heavy atom. The maximum atomic E-state index is 10.7. The molecule has 0 aliphatic heterocycles. The Kier molecular flexibility index (Phi) is 3.89. The van der Waals surface area contributed by atoms with E-state index in [4.69, 9.17) is 16.7 Å². The Bertz CT molecular complexity index is 580. The zero-order chi connectivity index (χ0) is 13.1. The summed E-state index contributed by atoms with van der Waals surface area (Å²) in [5.74, 6) is -0.893. The predicted octanol–water partition coefficient (Wildman–Crippen LogP) is 4.02. The van der Waals surface area contributed by atoms with E-state index < -0.39 is 5.97 Å². The highest BCUT2D eigenvalue weighted by Gasteiger charge is 2.06. The van der Waals surface area contributed by atoms with E-state index in [1.54, 1.807) is 11.4 Å². The molecular formula is C13H12ClNO2S. The quantitative estimate of drug-likeness (QED) is 0.890. The van der Waals surface area contributed by atoms with Gasteiger partial charge in [0.2, 0.25) is 0 Å². The molecule has 1 aromatic heterocycles. The molecule has 1 aromatic carbocycles. The molecule has 0 radical (unpaired) electrons. The predicted molar refractivity (Wildman–Crippen MR) is 74.8 cm³/mol. The lowest BCUT2D eigenvalue weighted by Crippen LogP contribution is -1.98. The lowest BCUT2D eigenvalue weighted by atomic mass is 10.2. The first-order valence-corrected chi connectivity index (χ1v) is 6.63. The maximum Gasteiger partial charge on any atom is 0.336 e. The fourth-order valence-corrected chi connectivity index (χ4v) is 2.46. The number of hydrogen-bond acceptors (Lipinski definition) is 3. The van der Waals surface area contributed by atoms with E-state index in [0.717, 1.165) is 21.2 Å². The first-order chi connectivity index (χ1) is 8.56. The molecule has 94 valence electrons. The van der Waals surface area contributed by atoms with Gasteiger partial charge in [0.15, 0.2) is 0 Å². The van der Waals surface area contributed by atoms with Crippen LogP contribution in [0.15, 0.2) is 29.6 Å². The van der Waals surface area contributed by atoms with Gasteiger partial charge in [-0.3, -0.25) is 0 Å². The third kappa shape index (κ3) is 3.03. The van der Waals surface area contributed by atoms with Gasteiger partial charge in [-0.25, -0.2) is 4.79 Å². The van der Waals surface area contributed by atoms with Gasteiger partial charge in [0.1, 0.15) is 0 Å². The van der Waals surface area contributed by atoms with Crippen molar-refractivity contribution < 1.29 is 9.90 Å². The van der Waals surface area contributed by atoms with Crippen LogP contribution in [0.2, 0.25) is 5.02 Å². The number of benzene rings is 1. The number of carboxylic acid groups (broad SMARTS) is 1. The molecule has 2 aromatic rings. The summed E-state index contributed by atoms with van der Waals surface area (Å²) in [4.78, 5) is 11.7. The smallest absolute Gasteiger partial charge is 0.336 e. The summed E-state index contributed by atoms with van der Waals surface area (Å²) in [5.41, 5.74) is 2.29. The average Bonchev–Trinajstić information content (AvgIpc) is 2.79. The van der Waals surface area contributed by atoms with Gasteiger partial charge in [0, 0.05) is 27.5 Å². The molecule has 5 heteroatoms. The summed E-state index contributed by atoms with van der Waals surface area (Å²) in [5, 5.41) is 14.4. The second-order valence-corrected chi connectivity index (χ2v) is 5.33. The highest BCUT2D eigenvalue weighted by atomic mass is 35.5. The molecule has 0 saturated heterocycles. The number of carboxylic acids is 1. The fraction of sp³-hybridized carbons (Fsp3) is 0.154. The van der Waals surface area contributed by atoms with Gasteiger partial charge in [0.25, 0.3) is 0 Å². The van der Waals surface area contributed by atoms with Gasteiger partial charge >= 0.3 is 5.97 Å². The van der Waals surface area contributed by atoms with Gasteiger partial charge in [-0.15, -0.1) is 11.3 Å². The molecule has 0 aliphatic carbocycles. The van der Waals surface area contributed by atoms with E-state index in [9.17, 15) is 4.79 Å². The number of rotatable bonds is 4. The zero-order valence-corrected chi connectivity index (χ0v) is 11.3. The van der Waals surface area contributed by atoms with Crippen LogP contribution in [-0.2, 0) is 6.54 Å². The van der Waals surface area contributed by atoms with Crippen molar-refractivity contribution in [3.8, 4) is 0 Å². The van der Waals surface area contributed by atoms with Crippen molar-refractivity contribution in [3.63, 3.8) is 0 Å². The van der Waals surface area contributed by atoms with Crippen LogP contribution in [0, 0.1) is 6.92 Å². The van der Waals surface area contributed by atoms with E-state index in [-0.39, 0.29) is 0 Å². The zero-order valence-electron chi connectivity index (χ0n) is 9.74. The Morgan fingerprint density at radius 3 is 2.83 bits per heavy atom. The van der Waals surface area contributed by atoms with Crippen molar-refractivity contribution in [3.05, 3.63) is 50.7 Å². The van der Waals surface area contributed by atoms with Crippen LogP contribution in [0.5, 0.6) is 0 Å². The number of nitrogens with one attached hydrogen (secondary N) is 1. The Morgan fingerprint density at radius 1 is 1.44 bits per heavy atom. The standard InChI is InChI=1S/C13H12ClNO2S/c1-8-2-3-10(5-12(8)14)15-6-11-4-9(7-18-11)13(16)17/h2-5,7,15H,6H2,1H3,(H,16,17). The van der Waals surface area contributed by atoms with Crippen LogP contribution in [0.4, 0.5) is 5.69 Å². The SMILES string of the molecule is Cc1ccc(NCc2cc(C(=O)O)cs2)cc1Cl. The molecule has 3 nitrogen and oxygen atoms in total. The van der Waals surface area contributed by atoms with Crippen molar-refractivity contribution in [1.82, 2.24) is 0 Å². The fourth-order valence-electron chi connectivity index (χ4n) is 1.48. The Labute approximate surface area is 114 Å². The van der Waals surface area contributed by atoms with Crippen LogP contribution in [-0.4, -0.2) is 11.1 Å². The minimum absolute atomic E-state index is 0.332. The minimum atomic E-state index is -0.893. The van der Waals surface area contributed by atoms with Gasteiger partial charge in [0.05, 0.1) is 5.56 Å². The molecular weight excluding hydrogens is 270 g/mol. The first-order valence-electron chi connectivity index (χ1n) is 5.37. The number of thiophene rings is 1. The van der Waals surface area contributed by atoms with Gasteiger partial charge in [-0.2, -0.15) is 0 Å². The highest BCUT2D eigenvalue weighted by molar-refractivity contribution is 7.10. The number of hydrogen-bond donors (Lipinski definition) is 2. The molecule has 0 unspecified atom stereocenters. The van der Waals surface area contributed by atoms with E-state index in [1.165, 1.54) is 11.3 Å². The summed E-state index contributed by atoms with van der Waals surface area (Å²) in [7, 11) is 0. The van der Waals surface area contributed by atoms with Crippen LogP contribution in [0.3, 0.4) is 0 Å². The summed E-state index contributed by atoms with van der Waals surface area (Å²) < 4.78 is 0. The number of aryl methyl sites for hydroxylation is 1. The Hall–Kier alpha value is -1.52. The van der Waals surface area contributed by atoms with Crippen LogP contribution < -0.4 is 5.32 Å². The third-order valence-corrected chi connectivity index (χ3v) is 3.88. The van der Waals surface area contributed by atoms with Crippen molar-refractivity contribution in [2.45, 2.75) is 13.5 Å². The number of carbonyl (C=O) groups is 1. The van der Waals surface area contributed by atoms with Crippen molar-refractivity contribution in [1.29, 1.82) is 0 Å². The molecule has 18 heavy (non-hydrogen) atoms. The molecule has 0 saturated carbocycles. The minimum Gasteiger partial charge on any atom is -0.478 e. The van der Waals surface area contributed by atoms with E-state index in [0.29, 0.717) is 12.1 Å². The van der Waals surface area contributed by atoms with Crippen molar-refractivity contribution >= 4 is 34.6 Å². The molecule has 0 fully saturated rings. The summed E-state index contributed by atoms with van der Waals surface area (Å²) in [6.07, 6.45) is 0. The maximum absolute atomic E-state index is 10.7. The molecule has 2 rings (SSSR count). The molecule has 0 spiro atoms. The third-order valence-electron chi connectivity index (χ3n) is 2.54. The van der Waals surface area contributed by atoms with Gasteiger partial charge in [-0.05, 0) is 30.7 Å². The molecule has 2 N–H and O–H groups in total. The van der Waals surface area contributed by atoms with E-state index in [1.807, 2.05) is 25.1 Å². The lowest BCUT2D eigenvalue weighted by Gasteiger charge is -2.06. The molecule has 0 bridgehead atoms. The van der Waals surface area contributed by atoms with E-state index in [2.05, 4.69) is 5.32 Å². The average molecular weight is 282 g/mol. The normalized spacial score (nSPS) is 10.3. The monoisotopic (exact) mass is 281 g/mol. The van der Waals surface area contributed by atoms with E-state index >= 15 is 0 Å². The number of aromatic carboxylic acids is 1. The largest absolute Gasteiger partial charge is 0.478 e. The topological polar surface area (TPSA) is 49.3 Å². The van der Waals surface area contributed by atoms with Crippen molar-refractivity contribution in [2.75, 3.05) is 5.32 Å². The van der Waals surface area contributed by atoms with Gasteiger partial charge < -0.3 is 10.4 Å². The van der Waals surface area contributed by atoms with Crippen LogP contribution in [0.25, 0.3) is 0 Å². The second-order valence-electron chi connectivity index (χ2n) is 3.92. The number of anilines is 1. The molecule has 0 atom stereocenters.